The molecule has 31 heavy (non-hydrogen) atoms. The standard InChI is InChI=1S/C22H26N4O4S/c1-30-20(27)13-15-31(28,29)22-25-24-21(19(23)16-18-10-6-3-7-11-18)26(22)14-12-17-8-4-2-5-9-17/h2-11,19H,12-16,23H2,1H3/t19-/m0/s1. The first-order valence-electron chi connectivity index (χ1n) is 9.97. The summed E-state index contributed by atoms with van der Waals surface area (Å²) in [4.78, 5) is 11.5. The molecule has 1 heterocycles. The number of methoxy groups -OCH3 is 1. The Morgan fingerprint density at radius 2 is 1.65 bits per heavy atom. The van der Waals surface area contributed by atoms with Gasteiger partial charge in [0.25, 0.3) is 0 Å². The lowest BCUT2D eigenvalue weighted by Crippen LogP contribution is -2.23. The Hall–Kier alpha value is -3.04. The Balaban J connectivity index is 1.89. The number of aryl methyl sites for hydroxylation is 1. The third-order valence-electron chi connectivity index (χ3n) is 4.92. The Morgan fingerprint density at radius 3 is 2.26 bits per heavy atom. The number of carbonyl (C=O) groups excluding carboxylic acids is 1. The van der Waals surface area contributed by atoms with Crippen LogP contribution in [0.5, 0.6) is 0 Å². The normalized spacial score (nSPS) is 12.5. The maximum absolute atomic E-state index is 12.9. The van der Waals surface area contributed by atoms with Crippen LogP contribution in [0.15, 0.2) is 65.8 Å². The first-order valence-corrected chi connectivity index (χ1v) is 11.6. The van der Waals surface area contributed by atoms with E-state index in [9.17, 15) is 13.2 Å². The van der Waals surface area contributed by atoms with E-state index in [2.05, 4.69) is 14.9 Å². The molecule has 3 aromatic rings. The molecule has 1 aromatic heterocycles. The van der Waals surface area contributed by atoms with Gasteiger partial charge < -0.3 is 15.0 Å². The molecule has 0 aliphatic carbocycles. The number of esters is 1. The third kappa shape index (κ3) is 5.99. The van der Waals surface area contributed by atoms with Crippen LogP contribution in [-0.2, 0) is 38.8 Å². The van der Waals surface area contributed by atoms with Gasteiger partial charge in [0.15, 0.2) is 5.82 Å². The number of hydrogen-bond acceptors (Lipinski definition) is 7. The fourth-order valence-electron chi connectivity index (χ4n) is 3.27. The summed E-state index contributed by atoms with van der Waals surface area (Å²) in [7, 11) is -2.63. The maximum Gasteiger partial charge on any atom is 0.306 e. The van der Waals surface area contributed by atoms with E-state index in [0.29, 0.717) is 25.2 Å². The quantitative estimate of drug-likeness (QED) is 0.478. The molecule has 9 heteroatoms. The van der Waals surface area contributed by atoms with Crippen LogP contribution in [0.4, 0.5) is 0 Å². The summed E-state index contributed by atoms with van der Waals surface area (Å²) >= 11 is 0. The van der Waals surface area contributed by atoms with E-state index in [-0.39, 0.29) is 11.6 Å². The predicted octanol–water partition coefficient (Wildman–Crippen LogP) is 2.10. The van der Waals surface area contributed by atoms with Gasteiger partial charge in [0.2, 0.25) is 15.0 Å². The van der Waals surface area contributed by atoms with Crippen LogP contribution in [0.25, 0.3) is 0 Å². The van der Waals surface area contributed by atoms with E-state index >= 15 is 0 Å². The fourth-order valence-corrected chi connectivity index (χ4v) is 4.57. The molecule has 3 rings (SSSR count). The molecule has 0 unspecified atom stereocenters. The van der Waals surface area contributed by atoms with Crippen molar-refractivity contribution in [3.8, 4) is 0 Å². The highest BCUT2D eigenvalue weighted by Gasteiger charge is 2.28. The summed E-state index contributed by atoms with van der Waals surface area (Å²) in [6.07, 6.45) is 0.825. The van der Waals surface area contributed by atoms with Gasteiger partial charge in [0, 0.05) is 6.54 Å². The molecule has 0 bridgehead atoms. The van der Waals surface area contributed by atoms with Crippen molar-refractivity contribution in [1.82, 2.24) is 14.8 Å². The zero-order chi connectivity index (χ0) is 22.3. The van der Waals surface area contributed by atoms with Gasteiger partial charge in [-0.15, -0.1) is 10.2 Å². The Labute approximate surface area is 182 Å². The number of aromatic nitrogens is 3. The first kappa shape index (κ1) is 22.6. The van der Waals surface area contributed by atoms with E-state index in [1.54, 1.807) is 4.57 Å². The minimum Gasteiger partial charge on any atom is -0.469 e. The molecule has 2 aromatic carbocycles. The number of benzene rings is 2. The van der Waals surface area contributed by atoms with E-state index < -0.39 is 27.6 Å². The lowest BCUT2D eigenvalue weighted by molar-refractivity contribution is -0.140. The van der Waals surface area contributed by atoms with Gasteiger partial charge in [-0.2, -0.15) is 0 Å². The van der Waals surface area contributed by atoms with Gasteiger partial charge in [0.05, 0.1) is 25.3 Å². The Kier molecular flexibility index (Phi) is 7.54. The van der Waals surface area contributed by atoms with Crippen molar-refractivity contribution in [2.24, 2.45) is 5.73 Å². The van der Waals surface area contributed by atoms with E-state index in [1.807, 2.05) is 60.7 Å². The summed E-state index contributed by atoms with van der Waals surface area (Å²) in [6, 6.07) is 18.9. The number of ether oxygens (including phenoxy) is 1. The van der Waals surface area contributed by atoms with Gasteiger partial charge in [-0.25, -0.2) is 8.42 Å². The molecule has 2 N–H and O–H groups in total. The molecular formula is C22H26N4O4S. The van der Waals surface area contributed by atoms with Gasteiger partial charge in [0.1, 0.15) is 0 Å². The zero-order valence-corrected chi connectivity index (χ0v) is 18.2. The largest absolute Gasteiger partial charge is 0.469 e. The van der Waals surface area contributed by atoms with Gasteiger partial charge in [-0.1, -0.05) is 60.7 Å². The SMILES string of the molecule is COC(=O)CCS(=O)(=O)c1nnc([C@@H](N)Cc2ccccc2)n1CCc1ccccc1. The average Bonchev–Trinajstić information content (AvgIpc) is 3.22. The van der Waals surface area contributed by atoms with E-state index in [4.69, 9.17) is 5.73 Å². The topological polar surface area (TPSA) is 117 Å². The van der Waals surface area contributed by atoms with Crippen LogP contribution in [0, 0.1) is 0 Å². The molecule has 0 radical (unpaired) electrons. The second kappa shape index (κ2) is 10.3. The number of nitrogens with zero attached hydrogens (tertiary/aromatic N) is 3. The van der Waals surface area contributed by atoms with Crippen molar-refractivity contribution in [2.45, 2.75) is 37.0 Å². The summed E-state index contributed by atoms with van der Waals surface area (Å²) in [5.74, 6) is -0.604. The predicted molar refractivity (Wildman–Crippen MR) is 116 cm³/mol. The minimum atomic E-state index is -3.85. The lowest BCUT2D eigenvalue weighted by atomic mass is 10.1. The van der Waals surface area contributed by atoms with E-state index in [0.717, 1.165) is 11.1 Å². The molecule has 0 aliphatic rings. The number of hydrogen-bond donors (Lipinski definition) is 1. The van der Waals surface area contributed by atoms with Crippen molar-refractivity contribution < 1.29 is 17.9 Å². The highest BCUT2D eigenvalue weighted by molar-refractivity contribution is 7.91. The van der Waals surface area contributed by atoms with Crippen molar-refractivity contribution in [3.63, 3.8) is 0 Å². The maximum atomic E-state index is 12.9. The molecular weight excluding hydrogens is 416 g/mol. The number of nitrogens with two attached hydrogens (primary N) is 1. The molecule has 0 saturated heterocycles. The van der Waals surface area contributed by atoms with Gasteiger partial charge in [-0.3, -0.25) is 4.79 Å². The molecule has 0 fully saturated rings. The summed E-state index contributed by atoms with van der Waals surface area (Å²) in [6.45, 7) is 0.349. The van der Waals surface area contributed by atoms with Crippen LogP contribution in [0.2, 0.25) is 0 Å². The van der Waals surface area contributed by atoms with Gasteiger partial charge >= 0.3 is 5.97 Å². The highest BCUT2D eigenvalue weighted by Crippen LogP contribution is 2.20. The number of carbonyl (C=O) groups is 1. The second-order valence-corrected chi connectivity index (χ2v) is 9.17. The van der Waals surface area contributed by atoms with Crippen LogP contribution in [0.3, 0.4) is 0 Å². The molecule has 1 atom stereocenters. The Bertz CT molecular complexity index is 1100. The zero-order valence-electron chi connectivity index (χ0n) is 17.3. The summed E-state index contributed by atoms with van der Waals surface area (Å²) < 4.78 is 31.9. The first-order chi connectivity index (χ1) is 14.9. The Morgan fingerprint density at radius 1 is 1.03 bits per heavy atom. The van der Waals surface area contributed by atoms with Crippen molar-refractivity contribution in [2.75, 3.05) is 12.9 Å². The smallest absolute Gasteiger partial charge is 0.306 e. The van der Waals surface area contributed by atoms with E-state index in [1.165, 1.54) is 7.11 Å². The average molecular weight is 443 g/mol. The van der Waals surface area contributed by atoms with Crippen LogP contribution in [0.1, 0.15) is 29.4 Å². The van der Waals surface area contributed by atoms with Crippen molar-refractivity contribution in [1.29, 1.82) is 0 Å². The molecule has 0 amide bonds. The molecule has 0 saturated carbocycles. The molecule has 164 valence electrons. The monoisotopic (exact) mass is 442 g/mol. The summed E-state index contributed by atoms with van der Waals surface area (Å²) in [5, 5.41) is 7.91. The molecule has 0 aliphatic heterocycles. The third-order valence-corrected chi connectivity index (χ3v) is 6.52. The number of sulfone groups is 1. The number of rotatable bonds is 10. The van der Waals surface area contributed by atoms with Crippen LogP contribution >= 0.6 is 0 Å². The lowest BCUT2D eigenvalue weighted by Gasteiger charge is -2.15. The molecule has 0 spiro atoms. The highest BCUT2D eigenvalue weighted by atomic mass is 32.2. The van der Waals surface area contributed by atoms with Crippen molar-refractivity contribution >= 4 is 15.8 Å². The summed E-state index contributed by atoms with van der Waals surface area (Å²) in [5.41, 5.74) is 8.47. The second-order valence-electron chi connectivity index (χ2n) is 7.17. The van der Waals surface area contributed by atoms with Crippen LogP contribution in [-0.4, -0.2) is 42.0 Å². The molecule has 8 nitrogen and oxygen atoms in total. The minimum absolute atomic E-state index is 0.175. The van der Waals surface area contributed by atoms with Gasteiger partial charge in [-0.05, 0) is 24.0 Å². The van der Waals surface area contributed by atoms with Crippen LogP contribution < -0.4 is 5.73 Å². The van der Waals surface area contributed by atoms with Crippen molar-refractivity contribution in [3.05, 3.63) is 77.6 Å². The fraction of sp³-hybridized carbons (Fsp3) is 0.318.